The second-order valence-electron chi connectivity index (χ2n) is 4.94. The number of piperidine rings is 1. The molecule has 1 saturated heterocycles. The van der Waals surface area contributed by atoms with Crippen LogP contribution in [-0.4, -0.2) is 28.8 Å². The number of halogens is 1. The maximum atomic E-state index is 12.0. The molecule has 1 unspecified atom stereocenters. The second-order valence-corrected chi connectivity index (χ2v) is 5.20. The second kappa shape index (κ2) is 5.76. The summed E-state index contributed by atoms with van der Waals surface area (Å²) in [7, 11) is 0. The third-order valence-electron chi connectivity index (χ3n) is 3.49. The number of nitrogens with one attached hydrogen (secondary N) is 2. The Balaban J connectivity index is 1.99. The first-order valence-electron chi connectivity index (χ1n) is 6.68. The Morgan fingerprint density at radius 2 is 2.27 bits per heavy atom. The van der Waals surface area contributed by atoms with E-state index in [9.17, 15) is 14.4 Å². The first kappa shape index (κ1) is 14.5. The first-order valence-corrected chi connectivity index (χ1v) is 7.21. The Kier molecular flexibility index (Phi) is 3.81. The van der Waals surface area contributed by atoms with Crippen LogP contribution in [-0.2, 0) is 14.4 Å². The lowest BCUT2D eigenvalue weighted by Crippen LogP contribution is -2.39. The number of para-hydroxylation sites is 1. The number of nitrogens with zero attached hydrogens (tertiary/aromatic N) is 1. The van der Waals surface area contributed by atoms with Gasteiger partial charge in [0, 0.05) is 11.8 Å². The highest BCUT2D eigenvalue weighted by Gasteiger charge is 2.32. The lowest BCUT2D eigenvalue weighted by molar-refractivity contribution is -0.134. The van der Waals surface area contributed by atoms with Gasteiger partial charge in [-0.3, -0.25) is 19.7 Å². The summed E-state index contributed by atoms with van der Waals surface area (Å²) in [5.41, 5.74) is 1.27. The molecule has 7 nitrogen and oxygen atoms in total. The van der Waals surface area contributed by atoms with Crippen LogP contribution in [0.15, 0.2) is 22.7 Å². The number of hydrogen-bond donors (Lipinski definition) is 2. The molecule has 1 atom stereocenters. The van der Waals surface area contributed by atoms with Crippen LogP contribution in [0.2, 0.25) is 0 Å². The van der Waals surface area contributed by atoms with Crippen molar-refractivity contribution in [2.24, 2.45) is 0 Å². The Labute approximate surface area is 130 Å². The lowest BCUT2D eigenvalue weighted by atomic mass is 9.93. The average Bonchev–Trinajstić information content (AvgIpc) is 2.92. The maximum absolute atomic E-state index is 12.0. The topological polar surface area (TPSA) is 101 Å². The Hall–Kier alpha value is -2.41. The predicted octanol–water partition coefficient (Wildman–Crippen LogP) is 1.53. The molecular formula is C14H12ClN3O4. The van der Waals surface area contributed by atoms with Crippen molar-refractivity contribution in [3.63, 3.8) is 0 Å². The van der Waals surface area contributed by atoms with Gasteiger partial charge in [0.25, 0.3) is 0 Å². The van der Waals surface area contributed by atoms with E-state index in [-0.39, 0.29) is 30.0 Å². The average molecular weight is 322 g/mol. The molecule has 1 fully saturated rings. The summed E-state index contributed by atoms with van der Waals surface area (Å²) in [6.45, 7) is 0. The van der Waals surface area contributed by atoms with Gasteiger partial charge in [-0.15, -0.1) is 11.6 Å². The number of hydrogen-bond acceptors (Lipinski definition) is 5. The molecule has 2 heterocycles. The summed E-state index contributed by atoms with van der Waals surface area (Å²) in [4.78, 5) is 34.6. The molecule has 0 radical (unpaired) electrons. The van der Waals surface area contributed by atoms with Crippen LogP contribution in [0, 0.1) is 0 Å². The highest BCUT2D eigenvalue weighted by Crippen LogP contribution is 2.33. The molecule has 1 aliphatic rings. The predicted molar refractivity (Wildman–Crippen MR) is 78.5 cm³/mol. The number of benzene rings is 1. The minimum absolute atomic E-state index is 0.176. The van der Waals surface area contributed by atoms with Gasteiger partial charge < -0.3 is 9.84 Å². The first-order chi connectivity index (χ1) is 10.6. The molecule has 3 amide bonds. The van der Waals surface area contributed by atoms with E-state index >= 15 is 0 Å². The number of carbonyl (C=O) groups is 3. The molecule has 0 saturated carbocycles. The normalized spacial score (nSPS) is 18.3. The fourth-order valence-electron chi connectivity index (χ4n) is 2.47. The number of aromatic nitrogens is 1. The van der Waals surface area contributed by atoms with Crippen molar-refractivity contribution in [2.75, 3.05) is 11.2 Å². The molecule has 2 aromatic rings. The zero-order chi connectivity index (χ0) is 15.7. The van der Waals surface area contributed by atoms with Gasteiger partial charge in [0.2, 0.25) is 17.7 Å². The Bertz CT molecular complexity index is 771. The summed E-state index contributed by atoms with van der Waals surface area (Å²) < 4.78 is 5.28. The fourth-order valence-corrected chi connectivity index (χ4v) is 2.54. The van der Waals surface area contributed by atoms with E-state index in [1.54, 1.807) is 18.2 Å². The molecule has 114 valence electrons. The molecule has 0 spiro atoms. The molecule has 22 heavy (non-hydrogen) atoms. The van der Waals surface area contributed by atoms with E-state index in [0.29, 0.717) is 28.8 Å². The largest absolute Gasteiger partial charge is 0.354 e. The van der Waals surface area contributed by atoms with Crippen molar-refractivity contribution >= 4 is 46.0 Å². The molecule has 2 N–H and O–H groups in total. The van der Waals surface area contributed by atoms with E-state index in [4.69, 9.17) is 16.1 Å². The third-order valence-corrected chi connectivity index (χ3v) is 3.73. The Morgan fingerprint density at radius 3 is 3.00 bits per heavy atom. The van der Waals surface area contributed by atoms with E-state index in [1.807, 2.05) is 0 Å². The van der Waals surface area contributed by atoms with Crippen molar-refractivity contribution in [1.29, 1.82) is 0 Å². The summed E-state index contributed by atoms with van der Waals surface area (Å²) in [5, 5.41) is 9.48. The third kappa shape index (κ3) is 2.55. The number of imide groups is 1. The quantitative estimate of drug-likeness (QED) is 0.659. The Morgan fingerprint density at radius 1 is 1.45 bits per heavy atom. The van der Waals surface area contributed by atoms with Gasteiger partial charge in [0.15, 0.2) is 5.58 Å². The van der Waals surface area contributed by atoms with Crippen LogP contribution in [0.1, 0.15) is 24.5 Å². The molecule has 1 aromatic heterocycles. The van der Waals surface area contributed by atoms with Gasteiger partial charge in [-0.25, -0.2) is 0 Å². The minimum atomic E-state index is -0.544. The van der Waals surface area contributed by atoms with Gasteiger partial charge >= 0.3 is 0 Å². The van der Waals surface area contributed by atoms with Gasteiger partial charge in [0.1, 0.15) is 11.6 Å². The van der Waals surface area contributed by atoms with Crippen LogP contribution in [0.4, 0.5) is 5.69 Å². The van der Waals surface area contributed by atoms with Crippen molar-refractivity contribution in [3.8, 4) is 0 Å². The van der Waals surface area contributed by atoms with Gasteiger partial charge in [-0.05, 0) is 18.6 Å². The van der Waals surface area contributed by atoms with Crippen molar-refractivity contribution in [2.45, 2.75) is 18.8 Å². The smallest absolute Gasteiger partial charge is 0.239 e. The molecule has 0 aliphatic carbocycles. The zero-order valence-corrected chi connectivity index (χ0v) is 12.1. The van der Waals surface area contributed by atoms with E-state index < -0.39 is 5.92 Å². The van der Waals surface area contributed by atoms with Crippen LogP contribution in [0.3, 0.4) is 0 Å². The SMILES string of the molecule is O=C1CCC(c2noc3c(NC(=O)CCl)cccc23)C(=O)N1. The van der Waals surface area contributed by atoms with Crippen LogP contribution in [0.25, 0.3) is 11.0 Å². The molecule has 8 heteroatoms. The van der Waals surface area contributed by atoms with Crippen molar-refractivity contribution in [3.05, 3.63) is 23.9 Å². The number of anilines is 1. The highest BCUT2D eigenvalue weighted by molar-refractivity contribution is 6.29. The van der Waals surface area contributed by atoms with Crippen LogP contribution < -0.4 is 10.6 Å². The summed E-state index contributed by atoms with van der Waals surface area (Å²) in [6, 6.07) is 5.13. The van der Waals surface area contributed by atoms with Gasteiger partial charge in [-0.2, -0.15) is 0 Å². The highest BCUT2D eigenvalue weighted by atomic mass is 35.5. The number of amides is 3. The number of carbonyl (C=O) groups excluding carboxylic acids is 3. The zero-order valence-electron chi connectivity index (χ0n) is 11.4. The molecular weight excluding hydrogens is 310 g/mol. The van der Waals surface area contributed by atoms with Crippen LogP contribution >= 0.6 is 11.6 Å². The molecule has 3 rings (SSSR count). The van der Waals surface area contributed by atoms with Gasteiger partial charge in [-0.1, -0.05) is 11.2 Å². The lowest BCUT2D eigenvalue weighted by Gasteiger charge is -2.18. The van der Waals surface area contributed by atoms with E-state index in [0.717, 1.165) is 0 Å². The maximum Gasteiger partial charge on any atom is 0.239 e. The van der Waals surface area contributed by atoms with E-state index in [1.165, 1.54) is 0 Å². The summed E-state index contributed by atoms with van der Waals surface area (Å²) in [5.74, 6) is -1.76. The number of fused-ring (bicyclic) bond motifs is 1. The number of rotatable bonds is 3. The standard InChI is InChI=1S/C14H12ClN3O4/c15-6-11(20)16-9-3-1-2-7-12(18-22-13(7)9)8-4-5-10(19)17-14(8)21/h1-3,8H,4-6H2,(H,16,20)(H,17,19,21). The molecule has 1 aliphatic heterocycles. The number of alkyl halides is 1. The van der Waals surface area contributed by atoms with Crippen LogP contribution in [0.5, 0.6) is 0 Å². The van der Waals surface area contributed by atoms with Gasteiger partial charge in [0.05, 0.1) is 11.6 Å². The summed E-state index contributed by atoms with van der Waals surface area (Å²) >= 11 is 5.47. The molecule has 1 aromatic carbocycles. The fraction of sp³-hybridized carbons (Fsp3) is 0.286. The van der Waals surface area contributed by atoms with Crippen molar-refractivity contribution < 1.29 is 18.9 Å². The van der Waals surface area contributed by atoms with E-state index in [2.05, 4.69) is 15.8 Å². The minimum Gasteiger partial charge on any atom is -0.354 e. The molecule has 0 bridgehead atoms. The van der Waals surface area contributed by atoms with Crippen molar-refractivity contribution in [1.82, 2.24) is 10.5 Å². The monoisotopic (exact) mass is 321 g/mol. The summed E-state index contributed by atoms with van der Waals surface area (Å²) in [6.07, 6.45) is 0.637.